The van der Waals surface area contributed by atoms with Gasteiger partial charge in [-0.25, -0.2) is 0 Å². The third-order valence-corrected chi connectivity index (χ3v) is 2.55. The molecule has 0 fully saturated rings. The normalized spacial score (nSPS) is 10.7. The second-order valence-electron chi connectivity index (χ2n) is 4.70. The molecule has 0 bridgehead atoms. The van der Waals surface area contributed by atoms with E-state index >= 15 is 0 Å². The van der Waals surface area contributed by atoms with Crippen LogP contribution < -0.4 is 4.74 Å². The smallest absolute Gasteiger partial charge is 0.273 e. The highest BCUT2D eigenvalue weighted by atomic mass is 16.6. The molecule has 0 N–H and O–H groups in total. The van der Waals surface area contributed by atoms with E-state index in [0.717, 1.165) is 12.8 Å². The molecular formula is C13H16N2O3. The van der Waals surface area contributed by atoms with Crippen LogP contribution in [0.1, 0.15) is 26.7 Å². The van der Waals surface area contributed by atoms with Gasteiger partial charge in [0, 0.05) is 6.07 Å². The number of hydrogen-bond acceptors (Lipinski definition) is 4. The predicted octanol–water partition coefficient (Wildman–Crippen LogP) is 3.30. The zero-order valence-corrected chi connectivity index (χ0v) is 10.5. The Morgan fingerprint density at radius 1 is 1.50 bits per heavy atom. The molecule has 0 aliphatic carbocycles. The van der Waals surface area contributed by atoms with E-state index in [1.54, 1.807) is 12.1 Å². The van der Waals surface area contributed by atoms with E-state index in [2.05, 4.69) is 6.07 Å². The summed E-state index contributed by atoms with van der Waals surface area (Å²) in [5.41, 5.74) is -0.337. The van der Waals surface area contributed by atoms with E-state index in [9.17, 15) is 10.1 Å². The standard InChI is InChI=1S/C13H16N2O3/c1-13(2,10-14)7-4-8-18-12-6-3-5-11(9-12)15(16)17/h3,5-6,9H,4,7-8H2,1-2H3. The average molecular weight is 248 g/mol. The zero-order chi connectivity index (χ0) is 13.6. The van der Waals surface area contributed by atoms with Gasteiger partial charge in [-0.1, -0.05) is 6.07 Å². The van der Waals surface area contributed by atoms with Crippen LogP contribution in [0.3, 0.4) is 0 Å². The van der Waals surface area contributed by atoms with E-state index in [1.165, 1.54) is 12.1 Å². The van der Waals surface area contributed by atoms with E-state index in [0.29, 0.717) is 12.4 Å². The Hall–Kier alpha value is -2.09. The summed E-state index contributed by atoms with van der Waals surface area (Å²) >= 11 is 0. The molecule has 1 rings (SSSR count). The summed E-state index contributed by atoms with van der Waals surface area (Å²) in [5, 5.41) is 19.4. The van der Waals surface area contributed by atoms with Crippen molar-refractivity contribution < 1.29 is 9.66 Å². The third kappa shape index (κ3) is 4.42. The van der Waals surface area contributed by atoms with Crippen molar-refractivity contribution >= 4 is 5.69 Å². The van der Waals surface area contributed by atoms with Gasteiger partial charge in [-0.2, -0.15) is 5.26 Å². The molecule has 96 valence electrons. The van der Waals surface area contributed by atoms with Crippen molar-refractivity contribution in [3.8, 4) is 11.8 Å². The molecule has 5 heteroatoms. The zero-order valence-electron chi connectivity index (χ0n) is 10.5. The predicted molar refractivity (Wildman–Crippen MR) is 67.2 cm³/mol. The van der Waals surface area contributed by atoms with Crippen molar-refractivity contribution in [3.63, 3.8) is 0 Å². The molecule has 0 aromatic heterocycles. The molecule has 0 saturated carbocycles. The maximum Gasteiger partial charge on any atom is 0.273 e. The maximum absolute atomic E-state index is 10.6. The van der Waals surface area contributed by atoms with E-state index in [4.69, 9.17) is 10.00 Å². The number of nitro benzene ring substituents is 1. The van der Waals surface area contributed by atoms with Crippen LogP contribution in [0.4, 0.5) is 5.69 Å². The largest absolute Gasteiger partial charge is 0.493 e. The van der Waals surface area contributed by atoms with Crippen molar-refractivity contribution in [1.29, 1.82) is 5.26 Å². The lowest BCUT2D eigenvalue weighted by atomic mass is 9.90. The van der Waals surface area contributed by atoms with Crippen LogP contribution in [-0.4, -0.2) is 11.5 Å². The van der Waals surface area contributed by atoms with Gasteiger partial charge in [-0.3, -0.25) is 10.1 Å². The monoisotopic (exact) mass is 248 g/mol. The van der Waals surface area contributed by atoms with Crippen LogP contribution in [0.15, 0.2) is 24.3 Å². The topological polar surface area (TPSA) is 76.2 Å². The number of hydrogen-bond donors (Lipinski definition) is 0. The van der Waals surface area contributed by atoms with Gasteiger partial charge in [-0.15, -0.1) is 0 Å². The first kappa shape index (κ1) is 14.0. The second kappa shape index (κ2) is 6.01. The van der Waals surface area contributed by atoms with Crippen LogP contribution in [-0.2, 0) is 0 Å². The third-order valence-electron chi connectivity index (χ3n) is 2.55. The Morgan fingerprint density at radius 3 is 2.83 bits per heavy atom. The highest BCUT2D eigenvalue weighted by Gasteiger charge is 2.15. The average Bonchev–Trinajstić information content (AvgIpc) is 2.35. The summed E-state index contributed by atoms with van der Waals surface area (Å²) in [6.45, 7) is 4.20. The molecule has 0 aliphatic rings. The van der Waals surface area contributed by atoms with E-state index < -0.39 is 4.92 Å². The number of ether oxygens (including phenoxy) is 1. The molecule has 0 spiro atoms. The minimum Gasteiger partial charge on any atom is -0.493 e. The van der Waals surface area contributed by atoms with Crippen LogP contribution in [0.5, 0.6) is 5.75 Å². The number of rotatable bonds is 6. The van der Waals surface area contributed by atoms with Crippen molar-refractivity contribution in [2.24, 2.45) is 5.41 Å². The molecule has 1 aromatic rings. The van der Waals surface area contributed by atoms with Gasteiger partial charge in [0.25, 0.3) is 5.69 Å². The Balaban J connectivity index is 2.43. The van der Waals surface area contributed by atoms with Gasteiger partial charge in [-0.05, 0) is 32.8 Å². The molecule has 0 amide bonds. The van der Waals surface area contributed by atoms with Crippen molar-refractivity contribution in [2.45, 2.75) is 26.7 Å². The summed E-state index contributed by atoms with van der Waals surface area (Å²) in [7, 11) is 0. The van der Waals surface area contributed by atoms with Crippen molar-refractivity contribution in [2.75, 3.05) is 6.61 Å². The molecule has 18 heavy (non-hydrogen) atoms. The quantitative estimate of drug-likeness (QED) is 0.439. The fraction of sp³-hybridized carbons (Fsp3) is 0.462. The first-order valence-electron chi connectivity index (χ1n) is 5.73. The van der Waals surface area contributed by atoms with Gasteiger partial charge in [0.15, 0.2) is 0 Å². The molecule has 0 saturated heterocycles. The number of benzene rings is 1. The molecule has 0 aliphatic heterocycles. The van der Waals surface area contributed by atoms with Crippen molar-refractivity contribution in [1.82, 2.24) is 0 Å². The first-order chi connectivity index (χ1) is 8.44. The summed E-state index contributed by atoms with van der Waals surface area (Å²) in [6.07, 6.45) is 1.47. The minimum absolute atomic E-state index is 0.0184. The Morgan fingerprint density at radius 2 is 2.22 bits per heavy atom. The van der Waals surface area contributed by atoms with E-state index in [-0.39, 0.29) is 11.1 Å². The van der Waals surface area contributed by atoms with Gasteiger partial charge in [0.1, 0.15) is 5.75 Å². The fourth-order valence-electron chi connectivity index (χ4n) is 1.45. The van der Waals surface area contributed by atoms with Gasteiger partial charge >= 0.3 is 0 Å². The van der Waals surface area contributed by atoms with Gasteiger partial charge in [0.05, 0.1) is 29.1 Å². The number of nitro groups is 1. The highest BCUT2D eigenvalue weighted by Crippen LogP contribution is 2.22. The molecule has 0 heterocycles. The highest BCUT2D eigenvalue weighted by molar-refractivity contribution is 5.37. The lowest BCUT2D eigenvalue weighted by Crippen LogP contribution is -2.10. The Kier molecular flexibility index (Phi) is 4.67. The first-order valence-corrected chi connectivity index (χ1v) is 5.73. The summed E-state index contributed by atoms with van der Waals surface area (Å²) < 4.78 is 5.42. The summed E-state index contributed by atoms with van der Waals surface area (Å²) in [5.74, 6) is 0.485. The Bertz CT molecular complexity index is 464. The van der Waals surface area contributed by atoms with Crippen LogP contribution in [0.25, 0.3) is 0 Å². The van der Waals surface area contributed by atoms with Crippen LogP contribution >= 0.6 is 0 Å². The van der Waals surface area contributed by atoms with Crippen LogP contribution in [0.2, 0.25) is 0 Å². The number of nitriles is 1. The second-order valence-corrected chi connectivity index (χ2v) is 4.70. The van der Waals surface area contributed by atoms with E-state index in [1.807, 2.05) is 13.8 Å². The molecule has 0 radical (unpaired) electrons. The molecule has 1 aromatic carbocycles. The number of nitrogens with zero attached hydrogens (tertiary/aromatic N) is 2. The molecule has 0 unspecified atom stereocenters. The summed E-state index contributed by atoms with van der Waals surface area (Å²) in [4.78, 5) is 10.1. The maximum atomic E-state index is 10.6. The Labute approximate surface area is 106 Å². The minimum atomic E-state index is -0.453. The fourth-order valence-corrected chi connectivity index (χ4v) is 1.45. The van der Waals surface area contributed by atoms with Gasteiger partial charge < -0.3 is 4.74 Å². The molecular weight excluding hydrogens is 232 g/mol. The van der Waals surface area contributed by atoms with Crippen molar-refractivity contribution in [3.05, 3.63) is 34.4 Å². The van der Waals surface area contributed by atoms with Gasteiger partial charge in [0.2, 0.25) is 0 Å². The van der Waals surface area contributed by atoms with Crippen LogP contribution in [0, 0.1) is 26.9 Å². The lowest BCUT2D eigenvalue weighted by molar-refractivity contribution is -0.384. The SMILES string of the molecule is CC(C)(C#N)CCCOc1cccc([N+](=O)[O-])c1. The lowest BCUT2D eigenvalue weighted by Gasteiger charge is -2.14. The summed E-state index contributed by atoms with van der Waals surface area (Å²) in [6, 6.07) is 8.31. The number of non-ortho nitro benzene ring substituents is 1. The molecule has 5 nitrogen and oxygen atoms in total. The molecule has 0 atom stereocenters.